The second-order valence-corrected chi connectivity index (χ2v) is 8.74. The van der Waals surface area contributed by atoms with Crippen LogP contribution in [-0.4, -0.2) is 56.7 Å². The summed E-state index contributed by atoms with van der Waals surface area (Å²) < 4.78 is 1.77. The molecular formula is C21H24ClN5OS. The number of carbonyl (C=O) groups is 1. The fourth-order valence-corrected chi connectivity index (χ4v) is 4.93. The standard InChI is InChI=1S/C21H24ClN5OS/c22-19-5-2-1-4-18(19)20-8-7-17(29-20)14-25-10-12-26(13-11-25)21(28)6-3-9-27-16-23-15-24-27/h1-2,4-5,7-8,15-16H,3,6,9-14H2. The number of hydrogen-bond donors (Lipinski definition) is 0. The van der Waals surface area contributed by atoms with E-state index in [1.807, 2.05) is 23.1 Å². The summed E-state index contributed by atoms with van der Waals surface area (Å²) in [6, 6.07) is 12.3. The third-order valence-corrected chi connectivity index (χ3v) is 6.58. The average Bonchev–Trinajstić information content (AvgIpc) is 3.41. The highest BCUT2D eigenvalue weighted by atomic mass is 35.5. The van der Waals surface area contributed by atoms with Gasteiger partial charge in [-0.05, 0) is 24.6 Å². The zero-order valence-corrected chi connectivity index (χ0v) is 17.8. The summed E-state index contributed by atoms with van der Waals surface area (Å²) in [5, 5.41) is 4.86. The molecule has 1 saturated heterocycles. The third-order valence-electron chi connectivity index (χ3n) is 5.15. The number of halogens is 1. The van der Waals surface area contributed by atoms with Gasteiger partial charge in [0, 0.05) is 66.0 Å². The minimum atomic E-state index is 0.238. The van der Waals surface area contributed by atoms with Gasteiger partial charge in [-0.1, -0.05) is 29.8 Å². The molecule has 1 aliphatic rings. The molecule has 0 saturated carbocycles. The molecule has 1 fully saturated rings. The number of piperazine rings is 1. The van der Waals surface area contributed by atoms with E-state index in [1.165, 1.54) is 16.1 Å². The second kappa shape index (κ2) is 9.52. The predicted molar refractivity (Wildman–Crippen MR) is 116 cm³/mol. The Morgan fingerprint density at radius 3 is 2.69 bits per heavy atom. The molecule has 8 heteroatoms. The lowest BCUT2D eigenvalue weighted by molar-refractivity contribution is -0.133. The summed E-state index contributed by atoms with van der Waals surface area (Å²) in [6.45, 7) is 5.07. The minimum absolute atomic E-state index is 0.238. The Balaban J connectivity index is 1.23. The van der Waals surface area contributed by atoms with Crippen LogP contribution in [0.5, 0.6) is 0 Å². The van der Waals surface area contributed by atoms with E-state index in [2.05, 4.69) is 33.2 Å². The molecule has 0 atom stereocenters. The molecule has 1 aromatic carbocycles. The number of carbonyl (C=O) groups excluding carboxylic acids is 1. The first-order valence-corrected chi connectivity index (χ1v) is 11.0. The third kappa shape index (κ3) is 5.23. The Kier molecular flexibility index (Phi) is 6.59. The lowest BCUT2D eigenvalue weighted by Crippen LogP contribution is -2.48. The molecular weight excluding hydrogens is 406 g/mol. The first kappa shape index (κ1) is 20.1. The van der Waals surface area contributed by atoms with Gasteiger partial charge < -0.3 is 4.90 Å². The van der Waals surface area contributed by atoms with Crippen LogP contribution >= 0.6 is 22.9 Å². The number of rotatable bonds is 7. The zero-order valence-electron chi connectivity index (χ0n) is 16.2. The van der Waals surface area contributed by atoms with E-state index >= 15 is 0 Å². The van der Waals surface area contributed by atoms with Gasteiger partial charge in [0.1, 0.15) is 12.7 Å². The van der Waals surface area contributed by atoms with E-state index in [0.29, 0.717) is 6.42 Å². The maximum atomic E-state index is 12.4. The van der Waals surface area contributed by atoms with Crippen molar-refractivity contribution in [3.63, 3.8) is 0 Å². The van der Waals surface area contributed by atoms with Crippen molar-refractivity contribution in [1.29, 1.82) is 0 Å². The molecule has 0 N–H and O–H groups in total. The lowest BCUT2D eigenvalue weighted by atomic mass is 10.2. The smallest absolute Gasteiger partial charge is 0.222 e. The molecule has 1 amide bonds. The van der Waals surface area contributed by atoms with E-state index in [1.54, 1.807) is 22.3 Å². The van der Waals surface area contributed by atoms with E-state index in [0.717, 1.165) is 56.3 Å². The van der Waals surface area contributed by atoms with Gasteiger partial charge in [0.2, 0.25) is 5.91 Å². The Morgan fingerprint density at radius 2 is 1.93 bits per heavy atom. The molecule has 3 aromatic rings. The van der Waals surface area contributed by atoms with Gasteiger partial charge in [-0.2, -0.15) is 5.10 Å². The molecule has 4 rings (SSSR count). The summed E-state index contributed by atoms with van der Waals surface area (Å²) in [5.41, 5.74) is 1.09. The Hall–Kier alpha value is -2.22. The quantitative estimate of drug-likeness (QED) is 0.573. The summed E-state index contributed by atoms with van der Waals surface area (Å²) >= 11 is 8.11. The molecule has 1 aliphatic heterocycles. The van der Waals surface area contributed by atoms with Gasteiger partial charge in [-0.25, -0.2) is 4.98 Å². The Morgan fingerprint density at radius 1 is 1.10 bits per heavy atom. The van der Waals surface area contributed by atoms with E-state index in [9.17, 15) is 4.79 Å². The van der Waals surface area contributed by atoms with Crippen LogP contribution in [0.25, 0.3) is 10.4 Å². The number of benzene rings is 1. The van der Waals surface area contributed by atoms with Gasteiger partial charge in [-0.3, -0.25) is 14.4 Å². The fraction of sp³-hybridized carbons (Fsp3) is 0.381. The van der Waals surface area contributed by atoms with Gasteiger partial charge in [0.25, 0.3) is 0 Å². The van der Waals surface area contributed by atoms with Crippen molar-refractivity contribution < 1.29 is 4.79 Å². The maximum absolute atomic E-state index is 12.4. The summed E-state index contributed by atoms with van der Waals surface area (Å²) in [6.07, 6.45) is 4.56. The minimum Gasteiger partial charge on any atom is -0.340 e. The van der Waals surface area contributed by atoms with Gasteiger partial charge >= 0.3 is 0 Å². The first-order chi connectivity index (χ1) is 14.2. The topological polar surface area (TPSA) is 54.3 Å². The summed E-state index contributed by atoms with van der Waals surface area (Å²) in [7, 11) is 0. The molecule has 2 aromatic heterocycles. The predicted octanol–water partition coefficient (Wildman–Crippen LogP) is 3.78. The number of nitrogens with zero attached hydrogens (tertiary/aromatic N) is 5. The molecule has 0 aliphatic carbocycles. The molecule has 0 unspecified atom stereocenters. The summed E-state index contributed by atoms with van der Waals surface area (Å²) in [5.74, 6) is 0.238. The monoisotopic (exact) mass is 429 g/mol. The molecule has 0 spiro atoms. The normalized spacial score (nSPS) is 15.0. The van der Waals surface area contributed by atoms with E-state index in [-0.39, 0.29) is 5.91 Å². The number of hydrogen-bond acceptors (Lipinski definition) is 5. The number of thiophene rings is 1. The highest BCUT2D eigenvalue weighted by Gasteiger charge is 2.21. The van der Waals surface area contributed by atoms with Gasteiger partial charge in [0.15, 0.2) is 0 Å². The number of aromatic nitrogens is 3. The van der Waals surface area contributed by atoms with Crippen LogP contribution < -0.4 is 0 Å². The van der Waals surface area contributed by atoms with Crippen LogP contribution in [0.3, 0.4) is 0 Å². The number of amides is 1. The highest BCUT2D eigenvalue weighted by molar-refractivity contribution is 7.15. The SMILES string of the molecule is O=C(CCCn1cncn1)N1CCN(Cc2ccc(-c3ccccc3Cl)s2)CC1. The van der Waals surface area contributed by atoms with Crippen LogP contribution in [-0.2, 0) is 17.9 Å². The van der Waals surface area contributed by atoms with Crippen molar-refractivity contribution in [3.8, 4) is 10.4 Å². The van der Waals surface area contributed by atoms with Crippen LogP contribution in [0.2, 0.25) is 5.02 Å². The van der Waals surface area contributed by atoms with Gasteiger partial charge in [0.05, 0.1) is 0 Å². The molecule has 6 nitrogen and oxygen atoms in total. The van der Waals surface area contributed by atoms with Crippen LogP contribution in [0.1, 0.15) is 17.7 Å². The van der Waals surface area contributed by atoms with Crippen molar-refractivity contribution in [2.75, 3.05) is 26.2 Å². The molecule has 3 heterocycles. The molecule has 152 valence electrons. The Bertz CT molecular complexity index is 934. The van der Waals surface area contributed by atoms with E-state index < -0.39 is 0 Å². The molecule has 29 heavy (non-hydrogen) atoms. The molecule has 0 radical (unpaired) electrons. The second-order valence-electron chi connectivity index (χ2n) is 7.16. The molecule has 0 bridgehead atoms. The Labute approximate surface area is 179 Å². The zero-order chi connectivity index (χ0) is 20.1. The largest absolute Gasteiger partial charge is 0.340 e. The average molecular weight is 430 g/mol. The lowest BCUT2D eigenvalue weighted by Gasteiger charge is -2.34. The number of aryl methyl sites for hydroxylation is 1. The van der Waals surface area contributed by atoms with Crippen molar-refractivity contribution in [2.24, 2.45) is 0 Å². The van der Waals surface area contributed by atoms with Crippen molar-refractivity contribution in [2.45, 2.75) is 25.9 Å². The van der Waals surface area contributed by atoms with Crippen molar-refractivity contribution in [1.82, 2.24) is 24.6 Å². The maximum Gasteiger partial charge on any atom is 0.222 e. The van der Waals surface area contributed by atoms with Crippen molar-refractivity contribution >= 4 is 28.8 Å². The summed E-state index contributed by atoms with van der Waals surface area (Å²) in [4.78, 5) is 23.3. The highest BCUT2D eigenvalue weighted by Crippen LogP contribution is 2.33. The van der Waals surface area contributed by atoms with Gasteiger partial charge in [-0.15, -0.1) is 11.3 Å². The fourth-order valence-electron chi connectivity index (χ4n) is 3.54. The van der Waals surface area contributed by atoms with Crippen molar-refractivity contribution in [3.05, 3.63) is 59.0 Å². The van der Waals surface area contributed by atoms with Crippen LogP contribution in [0.15, 0.2) is 49.1 Å². The van der Waals surface area contributed by atoms with E-state index in [4.69, 9.17) is 11.6 Å². The first-order valence-electron chi connectivity index (χ1n) is 9.85. The van der Waals surface area contributed by atoms with Crippen LogP contribution in [0.4, 0.5) is 0 Å². The van der Waals surface area contributed by atoms with Crippen LogP contribution in [0, 0.1) is 0 Å².